The second-order valence-electron chi connectivity index (χ2n) is 9.59. The second-order valence-corrected chi connectivity index (χ2v) is 9.59. The lowest BCUT2D eigenvalue weighted by Crippen LogP contribution is -2.48. The van der Waals surface area contributed by atoms with E-state index in [1.165, 1.54) is 24.3 Å². The highest BCUT2D eigenvalue weighted by Crippen LogP contribution is 2.53. The molecular weight excluding hydrogens is 424 g/mol. The van der Waals surface area contributed by atoms with Gasteiger partial charge in [0.25, 0.3) is 5.69 Å². The molecule has 0 saturated carbocycles. The van der Waals surface area contributed by atoms with E-state index in [-0.39, 0.29) is 17.2 Å². The first-order valence-electron chi connectivity index (χ1n) is 10.7. The number of carbonyl (C=O) groups excluding carboxylic acids is 3. The van der Waals surface area contributed by atoms with Gasteiger partial charge < -0.3 is 0 Å². The topological polar surface area (TPSA) is 113 Å². The van der Waals surface area contributed by atoms with Crippen molar-refractivity contribution < 1.29 is 19.3 Å². The number of hydrazone groups is 1. The van der Waals surface area contributed by atoms with Crippen LogP contribution in [0.15, 0.2) is 53.6 Å². The van der Waals surface area contributed by atoms with Gasteiger partial charge in [-0.2, -0.15) is 5.10 Å². The van der Waals surface area contributed by atoms with Crippen molar-refractivity contribution in [3.8, 4) is 0 Å². The molecule has 0 aliphatic carbocycles. The van der Waals surface area contributed by atoms with Crippen LogP contribution in [0.5, 0.6) is 0 Å². The Labute approximate surface area is 189 Å². The van der Waals surface area contributed by atoms with Gasteiger partial charge in [0, 0.05) is 17.5 Å². The van der Waals surface area contributed by atoms with E-state index in [0.29, 0.717) is 0 Å². The summed E-state index contributed by atoms with van der Waals surface area (Å²) in [7, 11) is 0. The lowest BCUT2D eigenvalue weighted by atomic mass is 9.79. The smallest absolute Gasteiger partial charge is 0.269 e. The molecule has 2 saturated heterocycles. The molecule has 0 spiro atoms. The quantitative estimate of drug-likeness (QED) is 0.407. The molecule has 4 atom stereocenters. The Morgan fingerprint density at radius 1 is 1.00 bits per heavy atom. The van der Waals surface area contributed by atoms with Gasteiger partial charge in [-0.3, -0.25) is 29.5 Å². The summed E-state index contributed by atoms with van der Waals surface area (Å²) in [4.78, 5) is 52.4. The first kappa shape index (κ1) is 21.0. The van der Waals surface area contributed by atoms with Crippen LogP contribution in [-0.2, 0) is 14.4 Å². The lowest BCUT2D eigenvalue weighted by molar-refractivity contribution is -0.384. The molecule has 2 amide bonds. The molecule has 3 aliphatic rings. The maximum atomic E-state index is 13.7. The van der Waals surface area contributed by atoms with Crippen molar-refractivity contribution in [3.05, 3.63) is 69.8 Å². The van der Waals surface area contributed by atoms with E-state index in [1.54, 1.807) is 32.0 Å². The largest absolute Gasteiger partial charge is 0.297 e. The van der Waals surface area contributed by atoms with Gasteiger partial charge in [-0.15, -0.1) is 0 Å². The van der Waals surface area contributed by atoms with E-state index in [1.807, 2.05) is 24.3 Å². The Balaban J connectivity index is 1.63. The van der Waals surface area contributed by atoms with E-state index in [0.717, 1.165) is 16.0 Å². The van der Waals surface area contributed by atoms with Crippen LogP contribution in [0.25, 0.3) is 0 Å². The average molecular weight is 446 g/mol. The van der Waals surface area contributed by atoms with Crippen LogP contribution in [0.4, 0.5) is 11.4 Å². The molecule has 9 nitrogen and oxygen atoms in total. The highest BCUT2D eigenvalue weighted by molar-refractivity contribution is 6.24. The number of imide groups is 1. The molecule has 2 aromatic carbocycles. The molecule has 168 valence electrons. The summed E-state index contributed by atoms with van der Waals surface area (Å²) in [6, 6.07) is 11.4. The van der Waals surface area contributed by atoms with E-state index >= 15 is 0 Å². The van der Waals surface area contributed by atoms with Crippen LogP contribution < -0.4 is 4.90 Å². The molecule has 3 aliphatic heterocycles. The summed E-state index contributed by atoms with van der Waals surface area (Å²) in [5.74, 6) is -2.76. The number of anilines is 1. The van der Waals surface area contributed by atoms with Crippen LogP contribution in [0.3, 0.4) is 0 Å². The Morgan fingerprint density at radius 2 is 1.64 bits per heavy atom. The first-order chi connectivity index (χ1) is 15.6. The Morgan fingerprint density at radius 3 is 2.27 bits per heavy atom. The summed E-state index contributed by atoms with van der Waals surface area (Å²) in [6.07, 6.45) is 1.67. The van der Waals surface area contributed by atoms with Crippen LogP contribution in [0.2, 0.25) is 0 Å². The number of nitro groups is 1. The standard InChI is InChI=1S/C24H22N4O5/c1-24(2,3)21(29)20-18-17(19-16-7-5-4-6-13(16)12-25-27(19)20)22(30)26(23(18)31)14-8-10-15(11-9-14)28(32)33/h4-12,17-20H,1-3H3/t17-,18-,19+,20+/m0/s1. The first-order valence-corrected chi connectivity index (χ1v) is 10.7. The number of ketones is 1. The monoisotopic (exact) mass is 446 g/mol. The number of Topliss-reactive ketones (excluding diaryl/α,β-unsaturated/α-hetero) is 1. The van der Waals surface area contributed by atoms with Gasteiger partial charge in [-0.1, -0.05) is 45.0 Å². The van der Waals surface area contributed by atoms with Crippen molar-refractivity contribution in [1.82, 2.24) is 5.01 Å². The van der Waals surface area contributed by atoms with Gasteiger partial charge in [0.2, 0.25) is 11.8 Å². The van der Waals surface area contributed by atoms with E-state index in [9.17, 15) is 24.5 Å². The molecule has 3 heterocycles. The van der Waals surface area contributed by atoms with Crippen LogP contribution >= 0.6 is 0 Å². The minimum absolute atomic E-state index is 0.138. The number of benzene rings is 2. The second kappa shape index (κ2) is 7.06. The van der Waals surface area contributed by atoms with Crippen molar-refractivity contribution in [1.29, 1.82) is 0 Å². The predicted molar refractivity (Wildman–Crippen MR) is 119 cm³/mol. The molecule has 0 N–H and O–H groups in total. The molecule has 9 heteroatoms. The summed E-state index contributed by atoms with van der Waals surface area (Å²) in [5.41, 5.74) is 1.06. The van der Waals surface area contributed by atoms with Crippen LogP contribution in [0.1, 0.15) is 37.9 Å². The Kier molecular flexibility index (Phi) is 4.49. The van der Waals surface area contributed by atoms with Gasteiger partial charge in [0.1, 0.15) is 6.04 Å². The summed E-state index contributed by atoms with van der Waals surface area (Å²) in [6.45, 7) is 5.36. The Hall–Kier alpha value is -3.88. The normalized spacial score (nSPS) is 25.7. The van der Waals surface area contributed by atoms with Crippen molar-refractivity contribution in [2.24, 2.45) is 22.4 Å². The minimum Gasteiger partial charge on any atom is -0.297 e. The van der Waals surface area contributed by atoms with Gasteiger partial charge in [-0.25, -0.2) is 4.90 Å². The summed E-state index contributed by atoms with van der Waals surface area (Å²) >= 11 is 0. The molecule has 2 aromatic rings. The number of hydrogen-bond acceptors (Lipinski definition) is 7. The van der Waals surface area contributed by atoms with Gasteiger partial charge in [0.15, 0.2) is 5.78 Å². The van der Waals surface area contributed by atoms with Gasteiger partial charge in [0.05, 0.1) is 34.7 Å². The maximum absolute atomic E-state index is 13.7. The summed E-state index contributed by atoms with van der Waals surface area (Å²) < 4.78 is 0. The maximum Gasteiger partial charge on any atom is 0.269 e. The highest BCUT2D eigenvalue weighted by atomic mass is 16.6. The van der Waals surface area contributed by atoms with E-state index in [2.05, 4.69) is 5.10 Å². The minimum atomic E-state index is -0.896. The van der Waals surface area contributed by atoms with E-state index < -0.39 is 46.1 Å². The number of fused-ring (bicyclic) bond motifs is 5. The molecule has 2 fully saturated rings. The zero-order valence-corrected chi connectivity index (χ0v) is 18.3. The highest BCUT2D eigenvalue weighted by Gasteiger charge is 2.66. The molecule has 0 unspecified atom stereocenters. The third-order valence-electron chi connectivity index (χ3n) is 6.62. The lowest BCUT2D eigenvalue weighted by Gasteiger charge is -2.35. The molecular formula is C24H22N4O5. The third kappa shape index (κ3) is 2.99. The fraction of sp³-hybridized carbons (Fsp3) is 0.333. The number of carbonyl (C=O) groups is 3. The number of non-ortho nitro benzene ring substituents is 1. The average Bonchev–Trinajstić information content (AvgIpc) is 3.25. The Bertz CT molecular complexity index is 1230. The number of nitro benzene ring substituents is 1. The SMILES string of the molecule is CC(C)(C)C(=O)[C@H]1[C@H]2C(=O)N(c3ccc([N+](=O)[O-])cc3)C(=O)[C@@H]2[C@H]2c3ccccc3C=NN21. The molecule has 0 aromatic heterocycles. The molecule has 5 rings (SSSR count). The van der Waals surface area contributed by atoms with Gasteiger partial charge >= 0.3 is 0 Å². The summed E-state index contributed by atoms with van der Waals surface area (Å²) in [5, 5.41) is 17.2. The van der Waals surface area contributed by atoms with Crippen molar-refractivity contribution in [2.45, 2.75) is 32.9 Å². The fourth-order valence-corrected chi connectivity index (χ4v) is 5.09. The van der Waals surface area contributed by atoms with E-state index in [4.69, 9.17) is 0 Å². The molecule has 0 bridgehead atoms. The predicted octanol–water partition coefficient (Wildman–Crippen LogP) is 3.09. The van der Waals surface area contributed by atoms with Crippen molar-refractivity contribution in [2.75, 3.05) is 4.90 Å². The molecule has 0 radical (unpaired) electrons. The van der Waals surface area contributed by atoms with Crippen LogP contribution in [0, 0.1) is 27.4 Å². The number of rotatable bonds is 3. The number of hydrogen-bond donors (Lipinski definition) is 0. The third-order valence-corrected chi connectivity index (χ3v) is 6.62. The zero-order chi connectivity index (χ0) is 23.7. The van der Waals surface area contributed by atoms with Crippen LogP contribution in [-0.4, -0.2) is 39.8 Å². The van der Waals surface area contributed by atoms with Crippen molar-refractivity contribution in [3.63, 3.8) is 0 Å². The fourth-order valence-electron chi connectivity index (χ4n) is 5.09. The number of nitrogens with zero attached hydrogens (tertiary/aromatic N) is 4. The zero-order valence-electron chi connectivity index (χ0n) is 18.3. The molecule has 33 heavy (non-hydrogen) atoms. The van der Waals surface area contributed by atoms with Gasteiger partial charge in [-0.05, 0) is 23.3 Å². The van der Waals surface area contributed by atoms with Crippen molar-refractivity contribution >= 4 is 35.2 Å². The number of amides is 2.